The lowest BCUT2D eigenvalue weighted by molar-refractivity contribution is -0.146. The molecule has 6 heteroatoms. The number of aryl methyl sites for hydroxylation is 2. The summed E-state index contributed by atoms with van der Waals surface area (Å²) >= 11 is 0. The largest absolute Gasteiger partial charge is 0.454 e. The highest BCUT2D eigenvalue weighted by Gasteiger charge is 2.12. The molecular weight excluding hydrogens is 270 g/mol. The summed E-state index contributed by atoms with van der Waals surface area (Å²) in [5.74, 6) is 0.485. The van der Waals surface area contributed by atoms with Gasteiger partial charge in [-0.15, -0.1) is 0 Å². The van der Waals surface area contributed by atoms with Crippen molar-refractivity contribution in [1.82, 2.24) is 14.7 Å². The first-order chi connectivity index (χ1) is 10.1. The smallest absolute Gasteiger partial charge is 0.326 e. The van der Waals surface area contributed by atoms with Crippen LogP contribution in [0.2, 0.25) is 0 Å². The van der Waals surface area contributed by atoms with E-state index in [1.807, 2.05) is 41.8 Å². The Hall–Kier alpha value is -2.63. The summed E-state index contributed by atoms with van der Waals surface area (Å²) < 4.78 is 12.0. The average molecular weight is 285 g/mol. The Bertz CT molecular complexity index is 788. The van der Waals surface area contributed by atoms with Gasteiger partial charge in [0.2, 0.25) is 0 Å². The number of fused-ring (bicyclic) bond motifs is 1. The van der Waals surface area contributed by atoms with Gasteiger partial charge in [-0.3, -0.25) is 4.79 Å². The second-order valence-electron chi connectivity index (χ2n) is 4.83. The number of benzene rings is 1. The predicted molar refractivity (Wildman–Crippen MR) is 75.5 cm³/mol. The number of aromatic nitrogens is 3. The molecule has 3 aromatic rings. The third kappa shape index (κ3) is 2.79. The molecule has 2 heterocycles. The number of rotatable bonds is 4. The van der Waals surface area contributed by atoms with Crippen molar-refractivity contribution in [1.29, 1.82) is 0 Å². The van der Waals surface area contributed by atoms with Crippen LogP contribution in [0.15, 0.2) is 34.9 Å². The summed E-state index contributed by atoms with van der Waals surface area (Å²) in [6.45, 7) is 3.84. The van der Waals surface area contributed by atoms with Crippen molar-refractivity contribution in [2.45, 2.75) is 27.0 Å². The highest BCUT2D eigenvalue weighted by atomic mass is 16.6. The lowest BCUT2D eigenvalue weighted by Gasteiger charge is -2.07. The number of ether oxygens (including phenoxy) is 1. The molecule has 0 atom stereocenters. The van der Waals surface area contributed by atoms with Crippen molar-refractivity contribution < 1.29 is 14.1 Å². The molecule has 0 N–H and O–H groups in total. The lowest BCUT2D eigenvalue weighted by Crippen LogP contribution is -2.14. The van der Waals surface area contributed by atoms with Crippen LogP contribution in [-0.4, -0.2) is 20.7 Å². The van der Waals surface area contributed by atoms with Gasteiger partial charge in [0.1, 0.15) is 6.54 Å². The SMILES string of the molecule is Cc1noc(COC(=O)Cn2c(C)cc3ccccc32)n1. The number of para-hydroxylation sites is 1. The van der Waals surface area contributed by atoms with Crippen LogP contribution in [0.1, 0.15) is 17.4 Å². The minimum absolute atomic E-state index is 0.00206. The van der Waals surface area contributed by atoms with Gasteiger partial charge in [0.15, 0.2) is 12.4 Å². The van der Waals surface area contributed by atoms with E-state index in [2.05, 4.69) is 10.1 Å². The summed E-state index contributed by atoms with van der Waals surface area (Å²) in [4.78, 5) is 15.9. The number of hydrogen-bond donors (Lipinski definition) is 0. The molecule has 6 nitrogen and oxygen atoms in total. The third-order valence-electron chi connectivity index (χ3n) is 3.23. The van der Waals surface area contributed by atoms with Crippen molar-refractivity contribution in [3.63, 3.8) is 0 Å². The Balaban J connectivity index is 1.70. The van der Waals surface area contributed by atoms with E-state index in [0.717, 1.165) is 16.6 Å². The molecule has 0 aliphatic carbocycles. The molecule has 0 unspecified atom stereocenters. The second-order valence-corrected chi connectivity index (χ2v) is 4.83. The number of esters is 1. The van der Waals surface area contributed by atoms with Crippen molar-refractivity contribution >= 4 is 16.9 Å². The van der Waals surface area contributed by atoms with Crippen LogP contribution < -0.4 is 0 Å². The highest BCUT2D eigenvalue weighted by molar-refractivity contribution is 5.83. The molecule has 0 amide bonds. The van der Waals surface area contributed by atoms with Crippen LogP contribution in [0.3, 0.4) is 0 Å². The molecule has 21 heavy (non-hydrogen) atoms. The van der Waals surface area contributed by atoms with Gasteiger partial charge in [-0.25, -0.2) is 0 Å². The van der Waals surface area contributed by atoms with E-state index in [-0.39, 0.29) is 19.1 Å². The number of nitrogens with zero attached hydrogens (tertiary/aromatic N) is 3. The topological polar surface area (TPSA) is 70.2 Å². The minimum Gasteiger partial charge on any atom is -0.454 e. The van der Waals surface area contributed by atoms with E-state index >= 15 is 0 Å². The first kappa shape index (κ1) is 13.4. The first-order valence-electron chi connectivity index (χ1n) is 6.63. The fourth-order valence-corrected chi connectivity index (χ4v) is 2.27. The van der Waals surface area contributed by atoms with E-state index in [4.69, 9.17) is 9.26 Å². The van der Waals surface area contributed by atoms with Crippen LogP contribution in [0.25, 0.3) is 10.9 Å². The maximum absolute atomic E-state index is 12.0. The Morgan fingerprint density at radius 2 is 2.14 bits per heavy atom. The van der Waals surface area contributed by atoms with Gasteiger partial charge < -0.3 is 13.8 Å². The number of carbonyl (C=O) groups is 1. The minimum atomic E-state index is -0.338. The van der Waals surface area contributed by atoms with Crippen LogP contribution in [0, 0.1) is 13.8 Å². The summed E-state index contributed by atoms with van der Waals surface area (Å²) in [6.07, 6.45) is 0. The summed E-state index contributed by atoms with van der Waals surface area (Å²) in [6, 6.07) is 9.97. The molecule has 0 aliphatic rings. The molecular formula is C15H15N3O3. The van der Waals surface area contributed by atoms with E-state index in [0.29, 0.717) is 11.7 Å². The van der Waals surface area contributed by atoms with E-state index in [9.17, 15) is 4.79 Å². The fraction of sp³-hybridized carbons (Fsp3) is 0.267. The Morgan fingerprint density at radius 1 is 1.33 bits per heavy atom. The molecule has 0 aliphatic heterocycles. The average Bonchev–Trinajstić information content (AvgIpc) is 3.01. The summed E-state index contributed by atoms with van der Waals surface area (Å²) in [7, 11) is 0. The molecule has 2 aromatic heterocycles. The molecule has 0 saturated heterocycles. The Morgan fingerprint density at radius 3 is 2.90 bits per heavy atom. The normalized spacial score (nSPS) is 11.0. The number of hydrogen-bond acceptors (Lipinski definition) is 5. The third-order valence-corrected chi connectivity index (χ3v) is 3.23. The Labute approximate surface area is 121 Å². The second kappa shape index (κ2) is 5.40. The zero-order valence-electron chi connectivity index (χ0n) is 11.9. The van der Waals surface area contributed by atoms with Gasteiger partial charge in [-0.05, 0) is 31.4 Å². The summed E-state index contributed by atoms with van der Waals surface area (Å²) in [5, 5.41) is 4.75. The van der Waals surface area contributed by atoms with Crippen LogP contribution >= 0.6 is 0 Å². The molecule has 0 fully saturated rings. The van der Waals surface area contributed by atoms with Crippen LogP contribution in [0.5, 0.6) is 0 Å². The molecule has 0 spiro atoms. The Kier molecular flexibility index (Phi) is 3.43. The van der Waals surface area contributed by atoms with Crippen molar-refractivity contribution in [2.75, 3.05) is 0 Å². The zero-order valence-corrected chi connectivity index (χ0v) is 11.9. The fourth-order valence-electron chi connectivity index (χ4n) is 2.27. The van der Waals surface area contributed by atoms with Gasteiger partial charge in [-0.1, -0.05) is 23.4 Å². The number of carbonyl (C=O) groups excluding carboxylic acids is 1. The maximum Gasteiger partial charge on any atom is 0.326 e. The molecule has 0 radical (unpaired) electrons. The predicted octanol–water partition coefficient (Wildman–Crippen LogP) is 2.38. The lowest BCUT2D eigenvalue weighted by atomic mass is 10.2. The zero-order chi connectivity index (χ0) is 14.8. The van der Waals surface area contributed by atoms with Gasteiger partial charge >= 0.3 is 5.97 Å². The van der Waals surface area contributed by atoms with Gasteiger partial charge in [0.25, 0.3) is 5.89 Å². The van der Waals surface area contributed by atoms with Gasteiger partial charge in [0.05, 0.1) is 0 Å². The summed E-state index contributed by atoms with van der Waals surface area (Å²) in [5.41, 5.74) is 2.03. The van der Waals surface area contributed by atoms with Crippen molar-refractivity contribution in [3.05, 3.63) is 47.7 Å². The maximum atomic E-state index is 12.0. The van der Waals surface area contributed by atoms with Gasteiger partial charge in [0, 0.05) is 11.2 Å². The standard InChI is InChI=1S/C15H15N3O3/c1-10-7-12-5-3-4-6-13(12)18(10)8-15(19)20-9-14-16-11(2)17-21-14/h3-7H,8-9H2,1-2H3. The molecule has 108 valence electrons. The molecule has 0 saturated carbocycles. The first-order valence-corrected chi connectivity index (χ1v) is 6.63. The van der Waals surface area contributed by atoms with Crippen molar-refractivity contribution in [3.8, 4) is 0 Å². The molecule has 0 bridgehead atoms. The highest BCUT2D eigenvalue weighted by Crippen LogP contribution is 2.19. The molecule has 3 rings (SSSR count). The van der Waals surface area contributed by atoms with Crippen LogP contribution in [-0.2, 0) is 22.7 Å². The van der Waals surface area contributed by atoms with Crippen LogP contribution in [0.4, 0.5) is 0 Å². The van der Waals surface area contributed by atoms with E-state index < -0.39 is 0 Å². The van der Waals surface area contributed by atoms with E-state index in [1.54, 1.807) is 6.92 Å². The quantitative estimate of drug-likeness (QED) is 0.688. The van der Waals surface area contributed by atoms with Gasteiger partial charge in [-0.2, -0.15) is 4.98 Å². The van der Waals surface area contributed by atoms with Crippen molar-refractivity contribution in [2.24, 2.45) is 0 Å². The monoisotopic (exact) mass is 285 g/mol. The molecule has 1 aromatic carbocycles. The van der Waals surface area contributed by atoms with E-state index in [1.165, 1.54) is 0 Å².